The molecule has 5 atom stereocenters. The van der Waals surface area contributed by atoms with Crippen LogP contribution in [0.3, 0.4) is 0 Å². The average molecular weight is 327 g/mol. The number of rotatable bonds is 1. The van der Waals surface area contributed by atoms with Crippen LogP contribution in [0.15, 0.2) is 22.8 Å². The summed E-state index contributed by atoms with van der Waals surface area (Å²) in [5, 5.41) is 31.2. The zero-order valence-corrected chi connectivity index (χ0v) is 14.2. The van der Waals surface area contributed by atoms with Crippen molar-refractivity contribution in [3.63, 3.8) is 0 Å². The van der Waals surface area contributed by atoms with E-state index in [-0.39, 0.29) is 18.1 Å². The number of ketones is 1. The molecule has 2 fully saturated rings. The minimum Gasteiger partial charge on any atom is -0.389 e. The van der Waals surface area contributed by atoms with E-state index >= 15 is 0 Å². The molecule has 0 unspecified atom stereocenters. The third-order valence-corrected chi connectivity index (χ3v) is 7.40. The topological polar surface area (TPSA) is 81.3 Å². The maximum Gasteiger partial charge on any atom is 0.156 e. The lowest BCUT2D eigenvalue weighted by Crippen LogP contribution is -2.53. The van der Waals surface area contributed by atoms with Gasteiger partial charge in [0.05, 0.1) is 24.2 Å². The van der Waals surface area contributed by atoms with Gasteiger partial charge in [-0.05, 0) is 73.2 Å². The predicted molar refractivity (Wildman–Crippen MR) is 88.7 cm³/mol. The Morgan fingerprint density at radius 2 is 2.12 bits per heavy atom. The molecule has 0 bridgehead atoms. The quantitative estimate of drug-likeness (QED) is 0.776. The van der Waals surface area contributed by atoms with Crippen molar-refractivity contribution in [2.45, 2.75) is 70.0 Å². The Kier molecular flexibility index (Phi) is 3.53. The van der Waals surface area contributed by atoms with Gasteiger partial charge in [-0.15, -0.1) is 0 Å². The molecule has 0 radical (unpaired) electrons. The number of nitrogens with zero attached hydrogens (tertiary/aromatic N) is 1. The molecule has 24 heavy (non-hydrogen) atoms. The van der Waals surface area contributed by atoms with Crippen molar-refractivity contribution in [1.29, 1.82) is 5.26 Å². The summed E-state index contributed by atoms with van der Waals surface area (Å²) in [6.45, 7) is 2.07. The third kappa shape index (κ3) is 2.01. The van der Waals surface area contributed by atoms with Gasteiger partial charge in [-0.3, -0.25) is 4.79 Å². The molecule has 0 aromatic carbocycles. The van der Waals surface area contributed by atoms with E-state index < -0.39 is 17.1 Å². The molecule has 0 heterocycles. The Bertz CT molecular complexity index is 700. The minimum atomic E-state index is -0.984. The molecule has 4 aliphatic carbocycles. The van der Waals surface area contributed by atoms with Crippen LogP contribution < -0.4 is 0 Å². The summed E-state index contributed by atoms with van der Waals surface area (Å²) in [4.78, 5) is 11.7. The molecule has 0 aromatic rings. The van der Waals surface area contributed by atoms with Crippen LogP contribution in [-0.4, -0.2) is 27.7 Å². The van der Waals surface area contributed by atoms with E-state index in [4.69, 9.17) is 5.26 Å². The number of allylic oxidation sites excluding steroid dienone is 3. The lowest BCUT2D eigenvalue weighted by Gasteiger charge is -2.53. The fraction of sp³-hybridized carbons (Fsp3) is 0.700. The first kappa shape index (κ1) is 16.1. The summed E-state index contributed by atoms with van der Waals surface area (Å²) < 4.78 is 0. The maximum atomic E-state index is 11.7. The fourth-order valence-electron chi connectivity index (χ4n) is 6.13. The van der Waals surface area contributed by atoms with Crippen LogP contribution in [0.5, 0.6) is 0 Å². The van der Waals surface area contributed by atoms with Gasteiger partial charge in [-0.1, -0.05) is 6.92 Å². The van der Waals surface area contributed by atoms with E-state index in [1.807, 2.05) is 0 Å². The Morgan fingerprint density at radius 3 is 2.88 bits per heavy atom. The largest absolute Gasteiger partial charge is 0.389 e. The summed E-state index contributed by atoms with van der Waals surface area (Å²) in [7, 11) is 0. The molecule has 0 aromatic heterocycles. The Balaban J connectivity index is 1.77. The van der Waals surface area contributed by atoms with Gasteiger partial charge >= 0.3 is 0 Å². The van der Waals surface area contributed by atoms with Crippen molar-refractivity contribution in [2.24, 2.45) is 17.3 Å². The Hall–Kier alpha value is -1.44. The van der Waals surface area contributed by atoms with Gasteiger partial charge in [-0.2, -0.15) is 5.26 Å². The normalized spacial score (nSPS) is 44.3. The number of nitriles is 1. The highest BCUT2D eigenvalue weighted by Crippen LogP contribution is 2.64. The monoisotopic (exact) mass is 327 g/mol. The lowest BCUT2D eigenvalue weighted by molar-refractivity contribution is -0.115. The van der Waals surface area contributed by atoms with Crippen LogP contribution in [0.2, 0.25) is 0 Å². The van der Waals surface area contributed by atoms with Crippen molar-refractivity contribution in [3.8, 4) is 6.07 Å². The molecular formula is C20H25NO3. The van der Waals surface area contributed by atoms with Gasteiger partial charge in [0.15, 0.2) is 5.78 Å². The zero-order chi connectivity index (χ0) is 17.1. The van der Waals surface area contributed by atoms with Crippen molar-refractivity contribution < 1.29 is 15.0 Å². The standard InChI is InChI=1S/C20H25NO3/c1-19-11-17(23)18-14-5-3-13(22)10-12(14)2-4-15(18)16(19)6-7-20(19,24)8-9-21/h10,15-17,23-24H,2-8,11H2,1H3/t15-,16-,17-,19-,20+/m0/s1. The second-order valence-corrected chi connectivity index (χ2v) is 8.36. The van der Waals surface area contributed by atoms with Gasteiger partial charge in [0, 0.05) is 11.8 Å². The highest BCUT2D eigenvalue weighted by Gasteiger charge is 2.62. The molecule has 0 aliphatic heterocycles. The second kappa shape index (κ2) is 5.28. The van der Waals surface area contributed by atoms with Crippen LogP contribution in [-0.2, 0) is 4.79 Å². The zero-order valence-electron chi connectivity index (χ0n) is 14.2. The molecule has 4 heteroatoms. The molecule has 0 saturated heterocycles. The molecule has 4 rings (SSSR count). The molecule has 0 amide bonds. The van der Waals surface area contributed by atoms with Crippen molar-refractivity contribution >= 4 is 5.78 Å². The SMILES string of the molecule is C[C@]12C[C@H](O)C3=C4CCC(=O)C=C4CC[C@H]3[C@@H]1CC[C@@]2(O)CC#N. The summed E-state index contributed by atoms with van der Waals surface area (Å²) in [5.74, 6) is 0.806. The number of hydrogen-bond donors (Lipinski definition) is 2. The Morgan fingerprint density at radius 1 is 1.33 bits per heavy atom. The predicted octanol–water partition coefficient (Wildman–Crippen LogP) is 2.81. The van der Waals surface area contributed by atoms with Gasteiger partial charge in [0.25, 0.3) is 0 Å². The fourth-order valence-corrected chi connectivity index (χ4v) is 6.13. The first-order chi connectivity index (χ1) is 11.4. The van der Waals surface area contributed by atoms with Gasteiger partial charge in [-0.25, -0.2) is 0 Å². The molecule has 4 aliphatic rings. The number of fused-ring (bicyclic) bond motifs is 4. The van der Waals surface area contributed by atoms with Gasteiger partial charge in [0.1, 0.15) is 0 Å². The van der Waals surface area contributed by atoms with Gasteiger partial charge < -0.3 is 10.2 Å². The average Bonchev–Trinajstić information content (AvgIpc) is 2.78. The number of carbonyl (C=O) groups is 1. The lowest BCUT2D eigenvalue weighted by atomic mass is 9.54. The third-order valence-electron chi connectivity index (χ3n) is 7.40. The van der Waals surface area contributed by atoms with Crippen molar-refractivity contribution in [2.75, 3.05) is 0 Å². The van der Waals surface area contributed by atoms with E-state index in [2.05, 4.69) is 13.0 Å². The smallest absolute Gasteiger partial charge is 0.156 e. The van der Waals surface area contributed by atoms with E-state index in [1.54, 1.807) is 6.08 Å². The van der Waals surface area contributed by atoms with Crippen LogP contribution in [0, 0.1) is 28.6 Å². The van der Waals surface area contributed by atoms with E-state index in [9.17, 15) is 15.0 Å². The Labute approximate surface area is 142 Å². The first-order valence-corrected chi connectivity index (χ1v) is 9.14. The molecule has 128 valence electrons. The van der Waals surface area contributed by atoms with E-state index in [0.29, 0.717) is 25.2 Å². The molecule has 0 spiro atoms. The van der Waals surface area contributed by atoms with E-state index in [1.165, 1.54) is 5.57 Å². The number of aliphatic hydroxyl groups is 2. The maximum absolute atomic E-state index is 11.7. The minimum absolute atomic E-state index is 0.144. The summed E-state index contributed by atoms with van der Waals surface area (Å²) in [5.41, 5.74) is 2.11. The van der Waals surface area contributed by atoms with Crippen LogP contribution in [0.25, 0.3) is 0 Å². The van der Waals surface area contributed by atoms with Crippen LogP contribution >= 0.6 is 0 Å². The van der Waals surface area contributed by atoms with E-state index in [0.717, 1.165) is 36.8 Å². The van der Waals surface area contributed by atoms with Gasteiger partial charge in [0.2, 0.25) is 0 Å². The number of carbonyl (C=O) groups excluding carboxylic acids is 1. The molecular weight excluding hydrogens is 302 g/mol. The summed E-state index contributed by atoms with van der Waals surface area (Å²) in [6, 6.07) is 2.16. The number of aliphatic hydroxyl groups excluding tert-OH is 1. The summed E-state index contributed by atoms with van der Waals surface area (Å²) >= 11 is 0. The second-order valence-electron chi connectivity index (χ2n) is 8.36. The molecule has 2 N–H and O–H groups in total. The van der Waals surface area contributed by atoms with Crippen molar-refractivity contribution in [3.05, 3.63) is 22.8 Å². The molecule has 2 saturated carbocycles. The highest BCUT2D eigenvalue weighted by atomic mass is 16.3. The first-order valence-electron chi connectivity index (χ1n) is 9.14. The van der Waals surface area contributed by atoms with Crippen LogP contribution in [0.4, 0.5) is 0 Å². The summed E-state index contributed by atoms with van der Waals surface area (Å²) in [6.07, 6.45) is 6.58. The van der Waals surface area contributed by atoms with Crippen molar-refractivity contribution in [1.82, 2.24) is 0 Å². The van der Waals surface area contributed by atoms with Crippen LogP contribution in [0.1, 0.15) is 58.3 Å². The number of hydrogen-bond acceptors (Lipinski definition) is 4. The molecule has 4 nitrogen and oxygen atoms in total. The highest BCUT2D eigenvalue weighted by molar-refractivity contribution is 5.93.